The average Bonchev–Trinajstić information content (AvgIpc) is 2.86. The summed E-state index contributed by atoms with van der Waals surface area (Å²) in [4.78, 5) is 32.5. The quantitative estimate of drug-likeness (QED) is 0.543. The first-order chi connectivity index (χ1) is 12.1. The molecule has 2 aromatic rings. The zero-order valence-corrected chi connectivity index (χ0v) is 16.3. The Balaban J connectivity index is 2.14. The van der Waals surface area contributed by atoms with E-state index in [1.165, 1.54) is 11.3 Å². The minimum absolute atomic E-state index is 0.223. The summed E-state index contributed by atoms with van der Waals surface area (Å²) >= 11 is 2.32. The smallest absolute Gasteiger partial charge is 0.346 e. The van der Waals surface area contributed by atoms with Crippen LogP contribution in [0.15, 0.2) is 9.95 Å². The molecule has 2 aromatic heterocycles. The molecule has 26 heavy (non-hydrogen) atoms. The molecular weight excluding hydrogens is 387 g/mol. The summed E-state index contributed by atoms with van der Waals surface area (Å²) in [7, 11) is 0. The zero-order valence-electron chi connectivity index (χ0n) is 14.6. The molecule has 0 saturated carbocycles. The van der Waals surface area contributed by atoms with Crippen LogP contribution in [0.4, 0.5) is 13.2 Å². The Hall–Kier alpha value is -1.55. The number of nitrogens with zero attached hydrogens (tertiary/aromatic N) is 1. The fourth-order valence-corrected chi connectivity index (χ4v) is 4.15. The van der Waals surface area contributed by atoms with E-state index >= 15 is 0 Å². The van der Waals surface area contributed by atoms with E-state index in [1.54, 1.807) is 5.32 Å². The molecule has 2 heterocycles. The van der Waals surface area contributed by atoms with Crippen molar-refractivity contribution >= 4 is 39.2 Å². The van der Waals surface area contributed by atoms with E-state index in [1.807, 2.05) is 6.92 Å². The maximum absolute atomic E-state index is 12.5. The summed E-state index contributed by atoms with van der Waals surface area (Å²) in [5.41, 5.74) is 0.712. The van der Waals surface area contributed by atoms with Gasteiger partial charge in [0, 0.05) is 4.88 Å². The van der Waals surface area contributed by atoms with Gasteiger partial charge in [0.1, 0.15) is 11.4 Å². The van der Waals surface area contributed by atoms with Crippen LogP contribution < -0.4 is 10.9 Å². The summed E-state index contributed by atoms with van der Waals surface area (Å²) in [6.45, 7) is 4.78. The summed E-state index contributed by atoms with van der Waals surface area (Å²) in [6, 6.07) is 0. The van der Waals surface area contributed by atoms with Gasteiger partial charge in [-0.3, -0.25) is 9.59 Å². The van der Waals surface area contributed by atoms with Crippen molar-refractivity contribution in [2.45, 2.75) is 44.9 Å². The number of alkyl halides is 3. The zero-order chi connectivity index (χ0) is 19.5. The molecule has 0 aromatic carbocycles. The lowest BCUT2D eigenvalue weighted by Crippen LogP contribution is -2.34. The topological polar surface area (TPSA) is 74.8 Å². The molecule has 144 valence electrons. The van der Waals surface area contributed by atoms with Crippen LogP contribution >= 0.6 is 23.1 Å². The van der Waals surface area contributed by atoms with Crippen molar-refractivity contribution in [3.05, 3.63) is 20.8 Å². The van der Waals surface area contributed by atoms with Gasteiger partial charge in [-0.05, 0) is 24.8 Å². The van der Waals surface area contributed by atoms with E-state index < -0.39 is 18.6 Å². The van der Waals surface area contributed by atoms with Crippen molar-refractivity contribution in [3.63, 3.8) is 0 Å². The Morgan fingerprint density at radius 3 is 2.73 bits per heavy atom. The van der Waals surface area contributed by atoms with Crippen LogP contribution in [-0.4, -0.2) is 34.3 Å². The Bertz CT molecular complexity index is 846. The minimum Gasteiger partial charge on any atom is -0.346 e. The van der Waals surface area contributed by atoms with Crippen LogP contribution in [-0.2, 0) is 11.2 Å². The third-order valence-corrected chi connectivity index (χ3v) is 5.83. The van der Waals surface area contributed by atoms with Crippen LogP contribution in [0.25, 0.3) is 10.2 Å². The molecule has 0 aliphatic carbocycles. The number of carbonyl (C=O) groups excluding carboxylic acids is 1. The lowest BCUT2D eigenvalue weighted by Gasteiger charge is -2.08. The first kappa shape index (κ1) is 20.8. The van der Waals surface area contributed by atoms with E-state index in [4.69, 9.17) is 0 Å². The number of carbonyl (C=O) groups is 1. The molecule has 0 fully saturated rings. The fraction of sp³-hybridized carbons (Fsp3) is 0.562. The van der Waals surface area contributed by atoms with Gasteiger partial charge in [-0.25, -0.2) is 4.98 Å². The predicted molar refractivity (Wildman–Crippen MR) is 97.9 cm³/mol. The summed E-state index contributed by atoms with van der Waals surface area (Å²) in [5, 5.41) is 2.58. The number of aryl methyl sites for hydroxylation is 1. The highest BCUT2D eigenvalue weighted by molar-refractivity contribution is 7.99. The van der Waals surface area contributed by atoms with Crippen molar-refractivity contribution in [2.75, 3.05) is 12.3 Å². The Kier molecular flexibility index (Phi) is 6.73. The minimum atomic E-state index is -4.45. The van der Waals surface area contributed by atoms with Crippen LogP contribution in [0, 0.1) is 12.8 Å². The van der Waals surface area contributed by atoms with Crippen molar-refractivity contribution in [2.24, 2.45) is 5.92 Å². The predicted octanol–water partition coefficient (Wildman–Crippen LogP) is 3.65. The second-order valence-corrected chi connectivity index (χ2v) is 8.25. The number of aromatic nitrogens is 2. The Morgan fingerprint density at radius 1 is 1.42 bits per heavy atom. The molecule has 2 rings (SSSR count). The molecule has 1 atom stereocenters. The molecule has 0 aliphatic rings. The molecule has 0 saturated heterocycles. The third-order valence-electron chi connectivity index (χ3n) is 3.92. The summed E-state index contributed by atoms with van der Waals surface area (Å²) < 4.78 is 36.2. The van der Waals surface area contributed by atoms with Gasteiger partial charge in [0.05, 0.1) is 11.1 Å². The van der Waals surface area contributed by atoms with Crippen LogP contribution in [0.3, 0.4) is 0 Å². The van der Waals surface area contributed by atoms with E-state index in [9.17, 15) is 22.8 Å². The van der Waals surface area contributed by atoms with Crippen LogP contribution in [0.2, 0.25) is 0 Å². The van der Waals surface area contributed by atoms with Gasteiger partial charge in [0.2, 0.25) is 5.91 Å². The van der Waals surface area contributed by atoms with Gasteiger partial charge in [-0.15, -0.1) is 11.3 Å². The van der Waals surface area contributed by atoms with Crippen molar-refractivity contribution in [3.8, 4) is 0 Å². The lowest BCUT2D eigenvalue weighted by molar-refractivity contribution is -0.136. The molecule has 0 unspecified atom stereocenters. The molecule has 0 spiro atoms. The number of amides is 1. The molecule has 2 N–H and O–H groups in total. The Labute approximate surface area is 156 Å². The van der Waals surface area contributed by atoms with E-state index in [2.05, 4.69) is 23.8 Å². The van der Waals surface area contributed by atoms with Gasteiger partial charge in [-0.2, -0.15) is 13.2 Å². The van der Waals surface area contributed by atoms with Gasteiger partial charge in [0.25, 0.3) is 5.56 Å². The number of rotatable bonds is 7. The second kappa shape index (κ2) is 8.43. The first-order valence-corrected chi connectivity index (χ1v) is 9.89. The van der Waals surface area contributed by atoms with Crippen molar-refractivity contribution < 1.29 is 18.0 Å². The number of nitrogens with one attached hydrogen (secondary N) is 2. The standard InChI is InChI=1S/C16H20F3N3O2S2/c1-4-8(2)5-10-9(3)26-14-12(10)13(24)21-15(22-14)25-6-11(23)20-7-16(17,18)19/h8H,4-7H2,1-3H3,(H,20,23)(H,21,22,24)/t8-/m0/s1. The number of halogens is 3. The summed E-state index contributed by atoms with van der Waals surface area (Å²) in [6.07, 6.45) is -2.66. The maximum atomic E-state index is 12.5. The van der Waals surface area contributed by atoms with Crippen molar-refractivity contribution in [1.29, 1.82) is 0 Å². The molecule has 1 amide bonds. The molecule has 0 bridgehead atoms. The van der Waals surface area contributed by atoms with Crippen molar-refractivity contribution in [1.82, 2.24) is 15.3 Å². The Morgan fingerprint density at radius 2 is 2.12 bits per heavy atom. The van der Waals surface area contributed by atoms with E-state index in [0.717, 1.165) is 35.0 Å². The number of thiophene rings is 1. The molecule has 0 radical (unpaired) electrons. The van der Waals surface area contributed by atoms with E-state index in [-0.39, 0.29) is 16.5 Å². The molecule has 10 heteroatoms. The highest BCUT2D eigenvalue weighted by Gasteiger charge is 2.27. The fourth-order valence-electron chi connectivity index (χ4n) is 2.35. The van der Waals surface area contributed by atoms with Gasteiger partial charge < -0.3 is 10.3 Å². The highest BCUT2D eigenvalue weighted by atomic mass is 32.2. The maximum Gasteiger partial charge on any atom is 0.405 e. The van der Waals surface area contributed by atoms with Gasteiger partial charge >= 0.3 is 6.18 Å². The average molecular weight is 407 g/mol. The number of fused-ring (bicyclic) bond motifs is 1. The van der Waals surface area contributed by atoms with Gasteiger partial charge in [0.15, 0.2) is 5.16 Å². The normalized spacial score (nSPS) is 13.2. The number of aromatic amines is 1. The van der Waals surface area contributed by atoms with Crippen LogP contribution in [0.1, 0.15) is 30.7 Å². The molecular formula is C16H20F3N3O2S2. The lowest BCUT2D eigenvalue weighted by atomic mass is 9.98. The monoisotopic (exact) mass is 407 g/mol. The number of hydrogen-bond acceptors (Lipinski definition) is 5. The number of hydrogen-bond donors (Lipinski definition) is 2. The largest absolute Gasteiger partial charge is 0.405 e. The van der Waals surface area contributed by atoms with E-state index in [0.29, 0.717) is 16.1 Å². The first-order valence-electron chi connectivity index (χ1n) is 8.09. The second-order valence-electron chi connectivity index (χ2n) is 6.09. The molecule has 0 aliphatic heterocycles. The number of H-pyrrole nitrogens is 1. The SMILES string of the molecule is CC[C@H](C)Cc1c(C)sc2nc(SCC(=O)NCC(F)(F)F)[nH]c(=O)c12. The summed E-state index contributed by atoms with van der Waals surface area (Å²) in [5.74, 6) is -0.582. The third kappa shape index (κ3) is 5.47. The molecule has 5 nitrogen and oxygen atoms in total. The number of thioether (sulfide) groups is 1. The van der Waals surface area contributed by atoms with Gasteiger partial charge in [-0.1, -0.05) is 32.0 Å². The highest BCUT2D eigenvalue weighted by Crippen LogP contribution is 2.30. The van der Waals surface area contributed by atoms with Crippen LogP contribution in [0.5, 0.6) is 0 Å².